The molecule has 0 saturated heterocycles. The summed E-state index contributed by atoms with van der Waals surface area (Å²) in [5.74, 6) is 0. The van der Waals surface area contributed by atoms with Crippen molar-refractivity contribution in [2.75, 3.05) is 0 Å². The first-order chi connectivity index (χ1) is 3.13. The van der Waals surface area contributed by atoms with Gasteiger partial charge in [-0.1, -0.05) is 0 Å². The van der Waals surface area contributed by atoms with Gasteiger partial charge in [0.15, 0.2) is 6.29 Å². The van der Waals surface area contributed by atoms with Gasteiger partial charge in [-0.05, 0) is 20.8 Å². The van der Waals surface area contributed by atoms with Crippen molar-refractivity contribution in [2.24, 2.45) is 0 Å². The summed E-state index contributed by atoms with van der Waals surface area (Å²) >= 11 is 0. The first-order valence-corrected chi connectivity index (χ1v) is 2.27. The van der Waals surface area contributed by atoms with E-state index >= 15 is 0 Å². The van der Waals surface area contributed by atoms with E-state index in [2.05, 4.69) is 11.7 Å². The molecule has 0 saturated carbocycles. The maximum Gasteiger partial charge on any atom is 0.188 e. The average Bonchev–Trinajstić information content (AvgIpc) is 1.27. The molecule has 0 heterocycles. The Morgan fingerprint density at radius 1 is 1.57 bits per heavy atom. The number of rotatable bonds is 2. The smallest absolute Gasteiger partial charge is 0.188 e. The van der Waals surface area contributed by atoms with Crippen LogP contribution in [0, 0.1) is 6.92 Å². The lowest BCUT2D eigenvalue weighted by atomic mass is 10.5. The molecule has 2 unspecified atom stereocenters. The van der Waals surface area contributed by atoms with Crippen LogP contribution in [-0.4, -0.2) is 12.4 Å². The monoisotopic (exact) mass is 102 g/mol. The number of hydrogen-bond donors (Lipinski definition) is 0. The van der Waals surface area contributed by atoms with Crippen molar-refractivity contribution in [3.63, 3.8) is 0 Å². The van der Waals surface area contributed by atoms with Gasteiger partial charge in [0, 0.05) is 0 Å². The van der Waals surface area contributed by atoms with Gasteiger partial charge in [0.25, 0.3) is 0 Å². The molecule has 2 heteroatoms. The van der Waals surface area contributed by atoms with Crippen molar-refractivity contribution >= 4 is 0 Å². The van der Waals surface area contributed by atoms with Crippen LogP contribution in [0.15, 0.2) is 0 Å². The van der Waals surface area contributed by atoms with Crippen LogP contribution in [0.1, 0.15) is 13.8 Å². The second-order valence-electron chi connectivity index (χ2n) is 1.51. The molecule has 0 aromatic heterocycles. The third-order valence-corrected chi connectivity index (χ3v) is 0.424. The topological polar surface area (TPSA) is 29.1 Å². The minimum Gasteiger partial charge on any atom is -0.347 e. The Bertz CT molecular complexity index is 35.3. The first kappa shape index (κ1) is 6.92. The summed E-state index contributed by atoms with van der Waals surface area (Å²) in [5, 5.41) is 10.1. The van der Waals surface area contributed by atoms with Crippen LogP contribution in [0.2, 0.25) is 0 Å². The normalized spacial score (nSPS) is 15.0. The van der Waals surface area contributed by atoms with Crippen molar-refractivity contribution in [3.05, 3.63) is 6.92 Å². The Labute approximate surface area is 44.1 Å². The molecule has 42 valence electrons. The van der Waals surface area contributed by atoms with Crippen molar-refractivity contribution in [1.29, 1.82) is 0 Å². The lowest BCUT2D eigenvalue weighted by molar-refractivity contribution is -0.142. The van der Waals surface area contributed by atoms with E-state index in [1.165, 1.54) is 6.92 Å². The van der Waals surface area contributed by atoms with Crippen molar-refractivity contribution in [2.45, 2.75) is 26.2 Å². The Balaban J connectivity index is 2.95. The maximum atomic E-state index is 10.1. The Morgan fingerprint density at radius 3 is 2.00 bits per heavy atom. The van der Waals surface area contributed by atoms with Crippen molar-refractivity contribution in [1.82, 2.24) is 0 Å². The average molecular weight is 102 g/mol. The zero-order valence-electron chi connectivity index (χ0n) is 4.68. The summed E-state index contributed by atoms with van der Waals surface area (Å²) in [7, 11) is 0. The minimum absolute atomic E-state index is 0.188. The van der Waals surface area contributed by atoms with Gasteiger partial charge in [-0.15, -0.1) is 0 Å². The van der Waals surface area contributed by atoms with Crippen molar-refractivity contribution in [3.8, 4) is 0 Å². The molecular weight excluding hydrogens is 92.1 g/mol. The highest BCUT2D eigenvalue weighted by atomic mass is 16.6. The van der Waals surface area contributed by atoms with Crippen LogP contribution in [-0.2, 0) is 9.84 Å². The van der Waals surface area contributed by atoms with Crippen molar-refractivity contribution < 1.29 is 9.84 Å². The predicted molar refractivity (Wildman–Crippen MR) is 26.1 cm³/mol. The summed E-state index contributed by atoms with van der Waals surface area (Å²) in [6.45, 7) is 6.63. The second kappa shape index (κ2) is 2.99. The first-order valence-electron chi connectivity index (χ1n) is 2.27. The molecule has 0 bridgehead atoms. The fraction of sp³-hybridized carbons (Fsp3) is 0.800. The van der Waals surface area contributed by atoms with Crippen LogP contribution < -0.4 is 0 Å². The van der Waals surface area contributed by atoms with Gasteiger partial charge in [-0.2, -0.15) is 0 Å². The predicted octanol–water partition coefficient (Wildman–Crippen LogP) is 1.00. The van der Waals surface area contributed by atoms with E-state index in [0.29, 0.717) is 0 Å². The zero-order valence-corrected chi connectivity index (χ0v) is 4.68. The second-order valence-corrected chi connectivity index (χ2v) is 1.51. The molecule has 2 nitrogen and oxygen atoms in total. The van der Waals surface area contributed by atoms with Gasteiger partial charge in [-0.3, -0.25) is 0 Å². The molecule has 0 aliphatic carbocycles. The summed E-state index contributed by atoms with van der Waals surface area (Å²) in [6, 6.07) is 0. The van der Waals surface area contributed by atoms with Gasteiger partial charge < -0.3 is 4.74 Å². The van der Waals surface area contributed by atoms with Gasteiger partial charge in [0.1, 0.15) is 0 Å². The third kappa shape index (κ3) is 5.92. The standard InChI is InChI=1S/C5H10O2/c1-4(2)7-5(3)6/h4-5H,1H2,2-3H3. The minimum atomic E-state index is -0.938. The molecule has 7 heavy (non-hydrogen) atoms. The van der Waals surface area contributed by atoms with Gasteiger partial charge in [0.2, 0.25) is 0 Å². The SMILES string of the molecule is [CH2]C(C)OC(C)[O]. The highest BCUT2D eigenvalue weighted by molar-refractivity contribution is 4.48. The molecule has 0 aliphatic rings. The summed E-state index contributed by atoms with van der Waals surface area (Å²) in [6.07, 6.45) is -1.13. The van der Waals surface area contributed by atoms with E-state index in [9.17, 15) is 5.11 Å². The van der Waals surface area contributed by atoms with Crippen LogP contribution in [0.4, 0.5) is 0 Å². The zero-order chi connectivity index (χ0) is 5.86. The van der Waals surface area contributed by atoms with Crippen LogP contribution in [0.25, 0.3) is 0 Å². The maximum absolute atomic E-state index is 10.1. The fourth-order valence-corrected chi connectivity index (χ4v) is 0.327. The van der Waals surface area contributed by atoms with E-state index in [1.807, 2.05) is 0 Å². The molecule has 0 aromatic carbocycles. The number of ether oxygens (including phenoxy) is 1. The Morgan fingerprint density at radius 2 is 2.00 bits per heavy atom. The Kier molecular flexibility index (Phi) is 2.96. The lowest BCUT2D eigenvalue weighted by Crippen LogP contribution is -2.11. The van der Waals surface area contributed by atoms with E-state index in [0.717, 1.165) is 0 Å². The molecule has 0 rings (SSSR count). The highest BCUT2D eigenvalue weighted by Gasteiger charge is 1.97. The van der Waals surface area contributed by atoms with E-state index < -0.39 is 6.29 Å². The molecule has 2 atom stereocenters. The summed E-state index contributed by atoms with van der Waals surface area (Å²) < 4.78 is 4.58. The van der Waals surface area contributed by atoms with Crippen LogP contribution in [0.3, 0.4) is 0 Å². The quantitative estimate of drug-likeness (QED) is 0.478. The van der Waals surface area contributed by atoms with Gasteiger partial charge >= 0.3 is 0 Å². The molecular formula is C5H10O2. The number of hydrogen-bond acceptors (Lipinski definition) is 1. The molecule has 0 fully saturated rings. The molecule has 0 N–H and O–H groups in total. The molecule has 2 radical (unpaired) electrons. The summed E-state index contributed by atoms with van der Waals surface area (Å²) in [4.78, 5) is 0. The molecule has 0 amide bonds. The molecule has 0 aromatic rings. The van der Waals surface area contributed by atoms with E-state index in [1.54, 1.807) is 6.92 Å². The van der Waals surface area contributed by atoms with E-state index in [-0.39, 0.29) is 6.10 Å². The summed E-state index contributed by atoms with van der Waals surface area (Å²) in [5.41, 5.74) is 0. The Hall–Kier alpha value is -0.0800. The highest BCUT2D eigenvalue weighted by Crippen LogP contribution is 1.91. The third-order valence-electron chi connectivity index (χ3n) is 0.424. The van der Waals surface area contributed by atoms with Crippen LogP contribution >= 0.6 is 0 Å². The molecule has 0 aliphatic heterocycles. The molecule has 0 spiro atoms. The lowest BCUT2D eigenvalue weighted by Gasteiger charge is -2.06. The largest absolute Gasteiger partial charge is 0.347 e. The van der Waals surface area contributed by atoms with Gasteiger partial charge in [-0.25, -0.2) is 5.11 Å². The van der Waals surface area contributed by atoms with Gasteiger partial charge in [0.05, 0.1) is 6.10 Å². The van der Waals surface area contributed by atoms with Crippen LogP contribution in [0.5, 0.6) is 0 Å². The fourth-order valence-electron chi connectivity index (χ4n) is 0.327. The van der Waals surface area contributed by atoms with E-state index in [4.69, 9.17) is 0 Å².